The second kappa shape index (κ2) is 45.5. The maximum Gasteiger partial charge on any atom is 0.222 e. The molecule has 308 valence electrons. The lowest BCUT2D eigenvalue weighted by Gasteiger charge is -2.09. The molecule has 16 heteroatoms. The number of nitrogens with one attached hydrogen (secondary N) is 1. The molecule has 0 fully saturated rings. The van der Waals surface area contributed by atoms with E-state index >= 15 is 0 Å². The molecule has 0 aromatic heterocycles. The SMILES string of the molecule is C=NCCCOCCOCCOCCCNC(=O)CCOCCOCCOCCOCCOCCC[N+](=C)CCCOCCOCCOCCCN. The van der Waals surface area contributed by atoms with Gasteiger partial charge < -0.3 is 68.1 Å². The molecule has 0 aromatic rings. The largest absolute Gasteiger partial charge is 0.379 e. The van der Waals surface area contributed by atoms with Crippen molar-refractivity contribution in [1.82, 2.24) is 5.32 Å². The van der Waals surface area contributed by atoms with Gasteiger partial charge >= 0.3 is 0 Å². The van der Waals surface area contributed by atoms with E-state index in [2.05, 4.69) is 23.7 Å². The molecule has 16 nitrogen and oxygen atoms in total. The summed E-state index contributed by atoms with van der Waals surface area (Å²) in [5, 5.41) is 2.86. The Bertz CT molecular complexity index is 758. The Morgan fingerprint density at radius 1 is 0.481 bits per heavy atom. The van der Waals surface area contributed by atoms with Crippen LogP contribution in [0.5, 0.6) is 0 Å². The van der Waals surface area contributed by atoms with Gasteiger partial charge in [0.05, 0.1) is 126 Å². The number of nitrogens with zero attached hydrogens (tertiary/aromatic N) is 2. The first-order chi connectivity index (χ1) is 25.7. The van der Waals surface area contributed by atoms with Crippen molar-refractivity contribution in [1.29, 1.82) is 0 Å². The number of rotatable bonds is 46. The van der Waals surface area contributed by atoms with Crippen LogP contribution < -0.4 is 11.1 Å². The zero-order chi connectivity index (χ0) is 37.7. The number of hydrogen-bond donors (Lipinski definition) is 2. The predicted octanol–water partition coefficient (Wildman–Crippen LogP) is 0.998. The molecular weight excluding hydrogens is 680 g/mol. The highest BCUT2D eigenvalue weighted by molar-refractivity contribution is 5.75. The number of amides is 1. The Hall–Kier alpha value is -1.67. The summed E-state index contributed by atoms with van der Waals surface area (Å²) in [6.07, 6.45) is 4.65. The van der Waals surface area contributed by atoms with Crippen LogP contribution in [0.4, 0.5) is 0 Å². The van der Waals surface area contributed by atoms with E-state index in [4.69, 9.17) is 57.8 Å². The lowest BCUT2D eigenvalue weighted by molar-refractivity contribution is -0.521. The van der Waals surface area contributed by atoms with Crippen LogP contribution >= 0.6 is 0 Å². The molecule has 0 unspecified atom stereocenters. The number of aliphatic imine (C=N–C) groups is 1. The van der Waals surface area contributed by atoms with Gasteiger partial charge in [-0.2, -0.15) is 0 Å². The Balaban J connectivity index is 3.20. The van der Waals surface area contributed by atoms with Gasteiger partial charge in [-0.3, -0.25) is 4.79 Å². The van der Waals surface area contributed by atoms with Crippen molar-refractivity contribution in [3.63, 3.8) is 0 Å². The Morgan fingerprint density at radius 2 is 0.808 bits per heavy atom. The topological polar surface area (TPSA) is 172 Å². The van der Waals surface area contributed by atoms with Crippen molar-refractivity contribution >= 4 is 19.3 Å². The van der Waals surface area contributed by atoms with Gasteiger partial charge in [0.25, 0.3) is 0 Å². The summed E-state index contributed by atoms with van der Waals surface area (Å²) in [7, 11) is 0. The monoisotopic (exact) mass is 754 g/mol. The van der Waals surface area contributed by atoms with Crippen LogP contribution in [0.1, 0.15) is 38.5 Å². The summed E-state index contributed by atoms with van der Waals surface area (Å²) < 4.78 is 62.4. The smallest absolute Gasteiger partial charge is 0.222 e. The van der Waals surface area contributed by atoms with E-state index in [0.29, 0.717) is 165 Å². The third kappa shape index (κ3) is 44.5. The molecular formula is C36H73N4O12+. The molecule has 52 heavy (non-hydrogen) atoms. The maximum absolute atomic E-state index is 11.9. The number of nitrogens with two attached hydrogens (primary N) is 1. The number of hydrogen-bond acceptors (Lipinski definition) is 14. The summed E-state index contributed by atoms with van der Waals surface area (Å²) in [6, 6.07) is 0. The van der Waals surface area contributed by atoms with E-state index in [1.807, 2.05) is 4.58 Å². The average molecular weight is 754 g/mol. The van der Waals surface area contributed by atoms with Crippen molar-refractivity contribution in [2.24, 2.45) is 10.7 Å². The second-order valence-corrected chi connectivity index (χ2v) is 11.5. The summed E-state index contributed by atoms with van der Waals surface area (Å²) in [5.74, 6) is -0.0416. The predicted molar refractivity (Wildman–Crippen MR) is 200 cm³/mol. The highest BCUT2D eigenvalue weighted by Gasteiger charge is 2.03. The molecule has 0 saturated carbocycles. The van der Waals surface area contributed by atoms with E-state index in [9.17, 15) is 4.79 Å². The Kier molecular flexibility index (Phi) is 44.0. The third-order valence-corrected chi connectivity index (χ3v) is 6.86. The van der Waals surface area contributed by atoms with Gasteiger partial charge in [0, 0.05) is 52.2 Å². The molecule has 0 aliphatic heterocycles. The van der Waals surface area contributed by atoms with E-state index in [1.54, 1.807) is 0 Å². The fourth-order valence-corrected chi connectivity index (χ4v) is 4.08. The molecule has 0 bridgehead atoms. The van der Waals surface area contributed by atoms with Crippen molar-refractivity contribution in [2.45, 2.75) is 38.5 Å². The van der Waals surface area contributed by atoms with E-state index < -0.39 is 0 Å². The van der Waals surface area contributed by atoms with Gasteiger partial charge in [-0.05, 0) is 32.5 Å². The molecule has 0 saturated heterocycles. The molecule has 0 aliphatic carbocycles. The minimum Gasteiger partial charge on any atom is -0.379 e. The fourth-order valence-electron chi connectivity index (χ4n) is 4.08. The highest BCUT2D eigenvalue weighted by atomic mass is 16.6. The molecule has 0 rings (SSSR count). The van der Waals surface area contributed by atoms with Crippen molar-refractivity contribution in [3.8, 4) is 0 Å². The normalized spacial score (nSPS) is 11.3. The van der Waals surface area contributed by atoms with Crippen LogP contribution in [-0.4, -0.2) is 202 Å². The molecule has 0 atom stereocenters. The lowest BCUT2D eigenvalue weighted by Crippen LogP contribution is -2.26. The van der Waals surface area contributed by atoms with Crippen LogP contribution in [0.25, 0.3) is 0 Å². The quantitative estimate of drug-likeness (QED) is 0.0513. The Morgan fingerprint density at radius 3 is 1.19 bits per heavy atom. The van der Waals surface area contributed by atoms with Gasteiger partial charge in [0.1, 0.15) is 19.8 Å². The van der Waals surface area contributed by atoms with Crippen LogP contribution in [0, 0.1) is 0 Å². The molecule has 0 aromatic carbocycles. The van der Waals surface area contributed by atoms with Crippen LogP contribution in [0.2, 0.25) is 0 Å². The summed E-state index contributed by atoms with van der Waals surface area (Å²) in [5.41, 5.74) is 5.41. The van der Waals surface area contributed by atoms with Gasteiger partial charge in [-0.15, -0.1) is 0 Å². The second-order valence-electron chi connectivity index (χ2n) is 11.5. The van der Waals surface area contributed by atoms with Crippen LogP contribution in [0.3, 0.4) is 0 Å². The molecule has 0 aliphatic rings. The number of carbonyl (C=O) groups is 1. The zero-order valence-corrected chi connectivity index (χ0v) is 32.1. The van der Waals surface area contributed by atoms with E-state index in [1.165, 1.54) is 0 Å². The van der Waals surface area contributed by atoms with Crippen molar-refractivity contribution in [2.75, 3.05) is 178 Å². The summed E-state index contributed by atoms with van der Waals surface area (Å²) >= 11 is 0. The molecule has 1 amide bonds. The van der Waals surface area contributed by atoms with Gasteiger partial charge in [-0.25, -0.2) is 4.58 Å². The third-order valence-electron chi connectivity index (χ3n) is 6.86. The Labute approximate surface area is 313 Å². The molecule has 0 heterocycles. The van der Waals surface area contributed by atoms with Crippen LogP contribution in [-0.2, 0) is 56.9 Å². The molecule has 0 spiro atoms. The maximum atomic E-state index is 11.9. The zero-order valence-electron chi connectivity index (χ0n) is 32.1. The summed E-state index contributed by atoms with van der Waals surface area (Å²) in [4.78, 5) is 15.7. The number of carbonyl (C=O) groups excluding carboxylic acids is 1. The number of ether oxygens (including phenoxy) is 11. The lowest BCUT2D eigenvalue weighted by atomic mass is 10.4. The van der Waals surface area contributed by atoms with E-state index in [-0.39, 0.29) is 5.91 Å². The standard InChI is InChI=1S/C36H72N4O12/c1-38-10-4-15-43-21-27-49-28-22-44-16-5-11-39-36(41)8-19-47-25-31-51-33-35-52-34-32-50-30-24-46-18-7-13-40(2)12-6-17-45-23-29-48-26-20-42-14-3-9-37/h1-35,37H2/p+1. The fraction of sp³-hybridized carbons (Fsp3) is 0.917. The first-order valence-corrected chi connectivity index (χ1v) is 19.0. The van der Waals surface area contributed by atoms with Crippen molar-refractivity contribution in [3.05, 3.63) is 0 Å². The van der Waals surface area contributed by atoms with Gasteiger partial charge in [0.2, 0.25) is 5.91 Å². The average Bonchev–Trinajstić information content (AvgIpc) is 3.14. The van der Waals surface area contributed by atoms with Gasteiger partial charge in [-0.1, -0.05) is 0 Å². The first kappa shape index (κ1) is 50.3. The first-order valence-electron chi connectivity index (χ1n) is 19.0. The minimum atomic E-state index is -0.0416. The minimum absolute atomic E-state index is 0.0416. The molecule has 0 radical (unpaired) electrons. The van der Waals surface area contributed by atoms with Crippen molar-refractivity contribution < 1.29 is 61.5 Å². The highest BCUT2D eigenvalue weighted by Crippen LogP contribution is 1.92. The van der Waals surface area contributed by atoms with E-state index in [0.717, 1.165) is 51.7 Å². The van der Waals surface area contributed by atoms with Crippen LogP contribution in [0.15, 0.2) is 4.99 Å². The van der Waals surface area contributed by atoms with Gasteiger partial charge in [0.15, 0.2) is 0 Å². The summed E-state index contributed by atoms with van der Waals surface area (Å²) in [6.45, 7) is 23.2. The molecule has 3 N–H and O–H groups in total.